The minimum absolute atomic E-state index is 0.0596. The van der Waals surface area contributed by atoms with E-state index in [0.29, 0.717) is 48.4 Å². The van der Waals surface area contributed by atoms with Crippen molar-refractivity contribution in [3.8, 4) is 5.75 Å². The lowest BCUT2D eigenvalue weighted by Crippen LogP contribution is -2.49. The van der Waals surface area contributed by atoms with Gasteiger partial charge in [0.1, 0.15) is 22.3 Å². The maximum atomic E-state index is 13.8. The van der Waals surface area contributed by atoms with Crippen LogP contribution in [-0.4, -0.2) is 64.8 Å². The molecule has 0 spiro atoms. The average molecular weight is 610 g/mol. The van der Waals surface area contributed by atoms with Crippen molar-refractivity contribution in [2.75, 3.05) is 31.1 Å². The van der Waals surface area contributed by atoms with E-state index in [0.717, 1.165) is 5.82 Å². The summed E-state index contributed by atoms with van der Waals surface area (Å²) in [6.07, 6.45) is 4.95. The Morgan fingerprint density at radius 3 is 2.19 bits per heavy atom. The van der Waals surface area contributed by atoms with Crippen LogP contribution in [0.25, 0.3) is 0 Å². The first-order chi connectivity index (χ1) is 20.1. The van der Waals surface area contributed by atoms with Gasteiger partial charge in [-0.2, -0.15) is 4.31 Å². The normalized spacial score (nSPS) is 13.9. The summed E-state index contributed by atoms with van der Waals surface area (Å²) in [6, 6.07) is 15.0. The summed E-state index contributed by atoms with van der Waals surface area (Å²) in [7, 11) is -4.24. The first-order valence-electron chi connectivity index (χ1n) is 13.2. The second-order valence-corrected chi connectivity index (χ2v) is 12.4. The fraction of sp³-hybridized carbons (Fsp3) is 0.233. The maximum absolute atomic E-state index is 13.8. The predicted octanol–water partition coefficient (Wildman–Crippen LogP) is 4.64. The zero-order chi connectivity index (χ0) is 29.9. The number of aryl methyl sites for hydroxylation is 1. The molecule has 1 aliphatic rings. The van der Waals surface area contributed by atoms with E-state index in [1.165, 1.54) is 40.7 Å². The summed E-state index contributed by atoms with van der Waals surface area (Å²) < 4.78 is 42.3. The zero-order valence-electron chi connectivity index (χ0n) is 22.8. The van der Waals surface area contributed by atoms with Crippen LogP contribution in [0.2, 0.25) is 5.02 Å². The van der Waals surface area contributed by atoms with Gasteiger partial charge in [0, 0.05) is 62.2 Å². The van der Waals surface area contributed by atoms with Gasteiger partial charge in [0.15, 0.2) is 0 Å². The molecule has 4 aromatic rings. The topological polar surface area (TPSA) is 107 Å². The fourth-order valence-corrected chi connectivity index (χ4v) is 6.73. The highest BCUT2D eigenvalue weighted by Gasteiger charge is 2.29. The molecule has 1 aliphatic heterocycles. The molecule has 0 bridgehead atoms. The Hall–Kier alpha value is -4.06. The highest BCUT2D eigenvalue weighted by Crippen LogP contribution is 2.33. The van der Waals surface area contributed by atoms with E-state index in [4.69, 9.17) is 11.6 Å². The molecule has 42 heavy (non-hydrogen) atoms. The summed E-state index contributed by atoms with van der Waals surface area (Å²) in [5.41, 5.74) is 2.00. The van der Waals surface area contributed by atoms with Crippen molar-refractivity contribution in [3.63, 3.8) is 0 Å². The van der Waals surface area contributed by atoms with Crippen LogP contribution in [0.3, 0.4) is 0 Å². The molecular formula is C30H29ClFN5O4S. The van der Waals surface area contributed by atoms with Gasteiger partial charge in [-0.25, -0.2) is 17.8 Å². The molecule has 0 aliphatic carbocycles. The number of piperazine rings is 1. The third-order valence-electron chi connectivity index (χ3n) is 7.12. The van der Waals surface area contributed by atoms with Crippen LogP contribution in [0.4, 0.5) is 10.2 Å². The quantitative estimate of drug-likeness (QED) is 0.310. The molecule has 1 amide bonds. The van der Waals surface area contributed by atoms with E-state index in [9.17, 15) is 22.7 Å². The van der Waals surface area contributed by atoms with E-state index in [-0.39, 0.29) is 34.7 Å². The monoisotopic (exact) mass is 609 g/mol. The molecule has 0 unspecified atom stereocenters. The van der Waals surface area contributed by atoms with Gasteiger partial charge in [-0.15, -0.1) is 0 Å². The first kappa shape index (κ1) is 29.4. The summed E-state index contributed by atoms with van der Waals surface area (Å²) in [5.74, 6) is -0.165. The van der Waals surface area contributed by atoms with Gasteiger partial charge in [-0.05, 0) is 60.0 Å². The van der Waals surface area contributed by atoms with Crippen LogP contribution in [0, 0.1) is 12.7 Å². The minimum Gasteiger partial charge on any atom is -0.506 e. The van der Waals surface area contributed by atoms with E-state index >= 15 is 0 Å². The number of amides is 1. The lowest BCUT2D eigenvalue weighted by atomic mass is 10.1. The molecule has 1 saturated heterocycles. The van der Waals surface area contributed by atoms with Gasteiger partial charge in [0.05, 0.1) is 6.20 Å². The van der Waals surface area contributed by atoms with Crippen LogP contribution in [0.15, 0.2) is 84.1 Å². The number of phenolic OH excluding ortho intramolecular Hbond substituents is 1. The highest BCUT2D eigenvalue weighted by atomic mass is 35.5. The van der Waals surface area contributed by atoms with Crippen LogP contribution >= 0.6 is 11.6 Å². The fourth-order valence-electron chi connectivity index (χ4n) is 4.79. The number of halogens is 2. The summed E-state index contributed by atoms with van der Waals surface area (Å²) in [6.45, 7) is 3.76. The van der Waals surface area contributed by atoms with E-state index in [1.807, 2.05) is 0 Å². The minimum atomic E-state index is -4.24. The van der Waals surface area contributed by atoms with Crippen molar-refractivity contribution in [1.82, 2.24) is 19.2 Å². The third-order valence-corrected chi connectivity index (χ3v) is 9.14. The van der Waals surface area contributed by atoms with Crippen LogP contribution < -0.4 is 4.90 Å². The number of hydrogen-bond acceptors (Lipinski definition) is 7. The van der Waals surface area contributed by atoms with Crippen molar-refractivity contribution >= 4 is 33.3 Å². The lowest BCUT2D eigenvalue weighted by Gasteiger charge is -2.35. The van der Waals surface area contributed by atoms with Crippen molar-refractivity contribution in [2.24, 2.45) is 0 Å². The van der Waals surface area contributed by atoms with E-state index in [2.05, 4.69) is 14.9 Å². The van der Waals surface area contributed by atoms with Crippen molar-refractivity contribution in [1.29, 1.82) is 0 Å². The van der Waals surface area contributed by atoms with Gasteiger partial charge in [-0.3, -0.25) is 9.78 Å². The number of carbonyl (C=O) groups is 1. The number of hydrogen-bond donors (Lipinski definition) is 1. The van der Waals surface area contributed by atoms with Crippen molar-refractivity contribution in [2.45, 2.75) is 24.9 Å². The number of aromatic hydroxyl groups is 1. The van der Waals surface area contributed by atoms with Crippen LogP contribution in [0.5, 0.6) is 5.75 Å². The van der Waals surface area contributed by atoms with Gasteiger partial charge < -0.3 is 14.9 Å². The Kier molecular flexibility index (Phi) is 8.72. The number of rotatable bonds is 8. The largest absolute Gasteiger partial charge is 0.506 e. The number of nitrogens with zero attached hydrogens (tertiary/aromatic N) is 5. The number of sulfonamides is 1. The molecule has 0 radical (unpaired) electrons. The Morgan fingerprint density at radius 1 is 0.976 bits per heavy atom. The Labute approximate surface area is 248 Å². The number of anilines is 1. The number of phenols is 1. The molecule has 0 atom stereocenters. The molecule has 218 valence electrons. The Morgan fingerprint density at radius 2 is 1.60 bits per heavy atom. The summed E-state index contributed by atoms with van der Waals surface area (Å²) in [5, 5.41) is 10.8. The Bertz CT molecular complexity index is 1660. The highest BCUT2D eigenvalue weighted by molar-refractivity contribution is 7.89. The molecule has 1 N–H and O–H groups in total. The predicted molar refractivity (Wildman–Crippen MR) is 157 cm³/mol. The average Bonchev–Trinajstić information content (AvgIpc) is 3.00. The smallest absolute Gasteiger partial charge is 0.253 e. The van der Waals surface area contributed by atoms with Gasteiger partial charge in [0.25, 0.3) is 5.91 Å². The van der Waals surface area contributed by atoms with E-state index in [1.54, 1.807) is 54.7 Å². The number of benzene rings is 3. The van der Waals surface area contributed by atoms with Crippen molar-refractivity contribution < 1.29 is 22.7 Å². The maximum Gasteiger partial charge on any atom is 0.253 e. The number of carbonyl (C=O) groups excluding carboxylic acids is 1. The molecule has 5 rings (SSSR count). The van der Waals surface area contributed by atoms with E-state index < -0.39 is 15.8 Å². The van der Waals surface area contributed by atoms with Crippen LogP contribution in [0.1, 0.15) is 27.0 Å². The lowest BCUT2D eigenvalue weighted by molar-refractivity contribution is 0.0746. The van der Waals surface area contributed by atoms with Crippen LogP contribution in [-0.2, 0) is 23.1 Å². The second kappa shape index (κ2) is 12.4. The molecule has 12 heteroatoms. The van der Waals surface area contributed by atoms with Gasteiger partial charge in [-0.1, -0.05) is 35.9 Å². The Balaban J connectivity index is 1.34. The van der Waals surface area contributed by atoms with Crippen molar-refractivity contribution in [3.05, 3.63) is 112 Å². The standard InChI is InChI=1S/C30H29ClFN5O4S/c1-21-16-25(31)17-27(29(21)38)42(40,41)37(20-23-4-8-26(32)9-5-23)19-22-2-6-24(7-3-22)30(39)36-14-12-35(13-15-36)28-18-33-10-11-34-28/h2-11,16-18,38H,12-15,19-20H2,1H3. The van der Waals surface area contributed by atoms with Gasteiger partial charge in [0.2, 0.25) is 10.0 Å². The molecule has 1 aromatic heterocycles. The third kappa shape index (κ3) is 6.53. The van der Waals surface area contributed by atoms with Gasteiger partial charge >= 0.3 is 0 Å². The zero-order valence-corrected chi connectivity index (χ0v) is 24.4. The molecule has 3 aromatic carbocycles. The number of aromatic nitrogens is 2. The molecule has 1 fully saturated rings. The first-order valence-corrected chi connectivity index (χ1v) is 15.1. The summed E-state index contributed by atoms with van der Waals surface area (Å²) >= 11 is 6.14. The SMILES string of the molecule is Cc1cc(Cl)cc(S(=O)(=O)N(Cc2ccc(F)cc2)Cc2ccc(C(=O)N3CCN(c4cnccn4)CC3)cc2)c1O. The summed E-state index contributed by atoms with van der Waals surface area (Å²) in [4.78, 5) is 25.2. The molecule has 2 heterocycles. The molecular weight excluding hydrogens is 581 g/mol. The molecule has 9 nitrogen and oxygen atoms in total. The molecule has 0 saturated carbocycles. The second-order valence-electron chi connectivity index (χ2n) is 10.0.